The first-order chi connectivity index (χ1) is 12.7. The molecule has 2 heterocycles. The van der Waals surface area contributed by atoms with Crippen LogP contribution < -0.4 is 5.32 Å². The molecule has 0 saturated carbocycles. The van der Waals surface area contributed by atoms with Crippen molar-refractivity contribution < 1.29 is 13.9 Å². The Morgan fingerprint density at radius 2 is 2.04 bits per heavy atom. The third-order valence-electron chi connectivity index (χ3n) is 4.41. The van der Waals surface area contributed by atoms with E-state index in [-0.39, 0.29) is 5.82 Å². The van der Waals surface area contributed by atoms with Crippen LogP contribution in [0.5, 0.6) is 0 Å². The lowest BCUT2D eigenvalue weighted by Crippen LogP contribution is -2.21. The molecule has 2 aromatic rings. The molecule has 0 spiro atoms. The van der Waals surface area contributed by atoms with Crippen LogP contribution >= 0.6 is 15.9 Å². The van der Waals surface area contributed by atoms with E-state index in [9.17, 15) is 4.39 Å². The molecular formula is C20H18BrFN2O2. The van der Waals surface area contributed by atoms with Crippen molar-refractivity contribution in [2.75, 3.05) is 13.1 Å². The molecule has 0 fully saturated rings. The summed E-state index contributed by atoms with van der Waals surface area (Å²) >= 11 is 3.51. The minimum absolute atomic E-state index is 0.222. The van der Waals surface area contributed by atoms with Crippen molar-refractivity contribution in [3.8, 4) is 0 Å². The number of halogens is 2. The number of allylic oxidation sites excluding steroid dienone is 1. The molecule has 6 heteroatoms. The lowest BCUT2D eigenvalue weighted by Gasteiger charge is -2.14. The van der Waals surface area contributed by atoms with Gasteiger partial charge in [0.15, 0.2) is 0 Å². The Morgan fingerprint density at radius 1 is 1.15 bits per heavy atom. The fraction of sp³-hybridized carbons (Fsp3) is 0.250. The molecule has 1 atom stereocenters. The molecule has 2 aliphatic heterocycles. The van der Waals surface area contributed by atoms with Gasteiger partial charge in [0, 0.05) is 28.6 Å². The molecule has 0 radical (unpaired) electrons. The number of rotatable bonds is 5. The van der Waals surface area contributed by atoms with E-state index in [0.717, 1.165) is 34.5 Å². The maximum atomic E-state index is 14.4. The highest BCUT2D eigenvalue weighted by Gasteiger charge is 2.24. The van der Waals surface area contributed by atoms with Gasteiger partial charge in [-0.05, 0) is 24.1 Å². The summed E-state index contributed by atoms with van der Waals surface area (Å²) in [4.78, 5) is 4.41. The van der Waals surface area contributed by atoms with Gasteiger partial charge in [-0.2, -0.15) is 0 Å². The van der Waals surface area contributed by atoms with E-state index in [2.05, 4.69) is 26.2 Å². The topological polar surface area (TPSA) is 42.9 Å². The summed E-state index contributed by atoms with van der Waals surface area (Å²) in [7, 11) is 0. The second kappa shape index (κ2) is 7.50. The molecule has 0 aromatic heterocycles. The van der Waals surface area contributed by atoms with Crippen LogP contribution in [0.1, 0.15) is 29.4 Å². The summed E-state index contributed by atoms with van der Waals surface area (Å²) in [5.74, 6) is 1.25. The van der Waals surface area contributed by atoms with Gasteiger partial charge >= 0.3 is 0 Å². The number of aliphatic imine (C=N–C) groups is 1. The van der Waals surface area contributed by atoms with Crippen molar-refractivity contribution >= 4 is 21.8 Å². The molecule has 4 rings (SSSR count). The van der Waals surface area contributed by atoms with E-state index in [0.29, 0.717) is 24.2 Å². The molecule has 26 heavy (non-hydrogen) atoms. The third kappa shape index (κ3) is 3.46. The summed E-state index contributed by atoms with van der Waals surface area (Å²) in [6.07, 6.45) is 2.22. The molecule has 0 bridgehead atoms. The molecule has 0 saturated heterocycles. The summed E-state index contributed by atoms with van der Waals surface area (Å²) < 4.78 is 26.9. The van der Waals surface area contributed by atoms with Crippen LogP contribution in [0.25, 0.3) is 0 Å². The fourth-order valence-corrected chi connectivity index (χ4v) is 3.58. The minimum Gasteiger partial charge on any atom is -0.455 e. The number of benzene rings is 2. The maximum absolute atomic E-state index is 14.4. The SMILES string of the molecule is Fc1cccc(C2=NCCN2)c1CCC1=COC(c2ccccc2Br)O1. The van der Waals surface area contributed by atoms with E-state index in [1.54, 1.807) is 12.3 Å². The van der Waals surface area contributed by atoms with Crippen LogP contribution in [0.4, 0.5) is 4.39 Å². The first-order valence-electron chi connectivity index (χ1n) is 8.54. The van der Waals surface area contributed by atoms with Crippen molar-refractivity contribution in [2.45, 2.75) is 19.1 Å². The number of nitrogens with zero attached hydrogens (tertiary/aromatic N) is 1. The van der Waals surface area contributed by atoms with Gasteiger partial charge in [-0.15, -0.1) is 0 Å². The van der Waals surface area contributed by atoms with Gasteiger partial charge in [0.2, 0.25) is 0 Å². The Kier molecular flexibility index (Phi) is 4.93. The van der Waals surface area contributed by atoms with Gasteiger partial charge < -0.3 is 14.8 Å². The smallest absolute Gasteiger partial charge is 0.267 e. The van der Waals surface area contributed by atoms with Crippen LogP contribution in [-0.4, -0.2) is 18.9 Å². The van der Waals surface area contributed by atoms with Crippen molar-refractivity contribution in [1.29, 1.82) is 0 Å². The van der Waals surface area contributed by atoms with E-state index in [1.165, 1.54) is 6.07 Å². The van der Waals surface area contributed by atoms with Gasteiger partial charge in [-0.25, -0.2) is 4.39 Å². The molecule has 1 N–H and O–H groups in total. The zero-order valence-electron chi connectivity index (χ0n) is 14.0. The molecular weight excluding hydrogens is 399 g/mol. The van der Waals surface area contributed by atoms with Gasteiger partial charge in [-0.1, -0.05) is 46.3 Å². The van der Waals surface area contributed by atoms with E-state index in [1.807, 2.05) is 30.3 Å². The van der Waals surface area contributed by atoms with Crippen molar-refractivity contribution in [2.24, 2.45) is 4.99 Å². The standard InChI is InChI=1S/C20H18BrFN2O2/c21-17-6-2-1-4-16(17)20-25-12-13(26-20)8-9-14-15(5-3-7-18(14)22)19-23-10-11-24-19/h1-7,12,20H,8-11H2,(H,23,24). The first-order valence-corrected chi connectivity index (χ1v) is 9.33. The molecule has 134 valence electrons. The monoisotopic (exact) mass is 416 g/mol. The zero-order valence-corrected chi connectivity index (χ0v) is 15.6. The summed E-state index contributed by atoms with van der Waals surface area (Å²) in [6.45, 7) is 1.52. The maximum Gasteiger partial charge on any atom is 0.267 e. The van der Waals surface area contributed by atoms with E-state index >= 15 is 0 Å². The largest absolute Gasteiger partial charge is 0.455 e. The molecule has 0 amide bonds. The highest BCUT2D eigenvalue weighted by atomic mass is 79.9. The molecule has 4 nitrogen and oxygen atoms in total. The normalized spacial score (nSPS) is 18.6. The predicted octanol–water partition coefficient (Wildman–Crippen LogP) is 4.46. The molecule has 2 aliphatic rings. The van der Waals surface area contributed by atoms with Crippen LogP contribution in [0.3, 0.4) is 0 Å². The average molecular weight is 417 g/mol. The lowest BCUT2D eigenvalue weighted by atomic mass is 10.0. The van der Waals surface area contributed by atoms with Crippen LogP contribution in [0.2, 0.25) is 0 Å². The second-order valence-electron chi connectivity index (χ2n) is 6.11. The minimum atomic E-state index is -0.471. The average Bonchev–Trinajstić information content (AvgIpc) is 3.33. The zero-order chi connectivity index (χ0) is 17.9. The Hall–Kier alpha value is -2.34. The first kappa shape index (κ1) is 17.1. The van der Waals surface area contributed by atoms with Crippen molar-refractivity contribution in [3.05, 3.63) is 81.5 Å². The van der Waals surface area contributed by atoms with Gasteiger partial charge in [0.1, 0.15) is 23.7 Å². The number of ether oxygens (including phenoxy) is 2. The predicted molar refractivity (Wildman–Crippen MR) is 101 cm³/mol. The van der Waals surface area contributed by atoms with Crippen LogP contribution in [0, 0.1) is 5.82 Å². The van der Waals surface area contributed by atoms with Crippen molar-refractivity contribution in [3.63, 3.8) is 0 Å². The summed E-state index contributed by atoms with van der Waals surface area (Å²) in [5, 5.41) is 3.21. The number of hydrogen-bond acceptors (Lipinski definition) is 4. The Morgan fingerprint density at radius 3 is 2.85 bits per heavy atom. The summed E-state index contributed by atoms with van der Waals surface area (Å²) in [5.41, 5.74) is 2.40. The third-order valence-corrected chi connectivity index (χ3v) is 5.13. The van der Waals surface area contributed by atoms with Crippen LogP contribution in [-0.2, 0) is 15.9 Å². The molecule has 0 aliphatic carbocycles. The number of amidine groups is 1. The van der Waals surface area contributed by atoms with Gasteiger partial charge in [0.25, 0.3) is 6.29 Å². The highest BCUT2D eigenvalue weighted by Crippen LogP contribution is 2.34. The Labute approximate surface area is 159 Å². The summed E-state index contributed by atoms with van der Waals surface area (Å²) in [6, 6.07) is 12.9. The quantitative estimate of drug-likeness (QED) is 0.782. The Balaban J connectivity index is 1.45. The lowest BCUT2D eigenvalue weighted by molar-refractivity contribution is -0.0359. The van der Waals surface area contributed by atoms with E-state index in [4.69, 9.17) is 9.47 Å². The fourth-order valence-electron chi connectivity index (χ4n) is 3.11. The highest BCUT2D eigenvalue weighted by molar-refractivity contribution is 9.10. The Bertz CT molecular complexity index is 882. The van der Waals surface area contributed by atoms with Crippen LogP contribution in [0.15, 0.2) is 64.0 Å². The molecule has 1 unspecified atom stereocenters. The van der Waals surface area contributed by atoms with E-state index < -0.39 is 6.29 Å². The molecule has 2 aromatic carbocycles. The number of nitrogens with one attached hydrogen (secondary N) is 1. The number of hydrogen-bond donors (Lipinski definition) is 1. The second-order valence-corrected chi connectivity index (χ2v) is 6.97. The van der Waals surface area contributed by atoms with Gasteiger partial charge in [0.05, 0.1) is 6.54 Å². The van der Waals surface area contributed by atoms with Crippen molar-refractivity contribution in [1.82, 2.24) is 5.32 Å². The van der Waals surface area contributed by atoms with Gasteiger partial charge in [-0.3, -0.25) is 4.99 Å².